The molecule has 0 fully saturated rings. The van der Waals surface area contributed by atoms with Gasteiger partial charge in [-0.25, -0.2) is 4.79 Å². The van der Waals surface area contributed by atoms with E-state index in [1.54, 1.807) is 36.5 Å². The minimum Gasteiger partial charge on any atom is -0.481 e. The lowest BCUT2D eigenvalue weighted by atomic mass is 9.97. The molecule has 258 valence electrons. The van der Waals surface area contributed by atoms with E-state index in [2.05, 4.69) is 31.2 Å². The normalized spacial score (nSPS) is 15.8. The zero-order valence-corrected chi connectivity index (χ0v) is 27.1. The van der Waals surface area contributed by atoms with Crippen molar-refractivity contribution in [2.24, 2.45) is 0 Å². The maximum absolute atomic E-state index is 13.8. The number of aliphatic carboxylic acids is 2. The number of rotatable bonds is 14. The second-order valence-electron chi connectivity index (χ2n) is 12.5. The van der Waals surface area contributed by atoms with E-state index in [4.69, 9.17) is 0 Å². The van der Waals surface area contributed by atoms with Gasteiger partial charge in [-0.2, -0.15) is 0 Å². The van der Waals surface area contributed by atoms with E-state index in [0.29, 0.717) is 24.1 Å². The quantitative estimate of drug-likeness (QED) is 0.0874. The van der Waals surface area contributed by atoms with E-state index in [9.17, 15) is 34.2 Å². The van der Waals surface area contributed by atoms with Crippen LogP contribution in [0.1, 0.15) is 35.2 Å². The summed E-state index contributed by atoms with van der Waals surface area (Å²) in [6.07, 6.45) is 1.42. The number of nitrogens with one attached hydrogen (secondary N) is 6. The summed E-state index contributed by atoms with van der Waals surface area (Å²) in [6.45, 7) is 0.400. The summed E-state index contributed by atoms with van der Waals surface area (Å²) >= 11 is 0. The van der Waals surface area contributed by atoms with E-state index >= 15 is 0 Å². The van der Waals surface area contributed by atoms with Crippen molar-refractivity contribution in [2.45, 2.75) is 62.8 Å². The molecule has 2 aromatic heterocycles. The number of fused-ring (bicyclic) bond motifs is 4. The highest BCUT2D eigenvalue weighted by atomic mass is 16.4. The predicted octanol–water partition coefficient (Wildman–Crippen LogP) is 2.55. The number of hydrogen-bond donors (Lipinski definition) is 8. The van der Waals surface area contributed by atoms with E-state index in [1.165, 1.54) is 0 Å². The van der Waals surface area contributed by atoms with Gasteiger partial charge in [0.1, 0.15) is 18.1 Å². The zero-order chi connectivity index (χ0) is 35.2. The number of carboxylic acid groups (broad SMARTS) is 2. The number of para-hydroxylation sites is 2. The molecule has 13 nitrogen and oxygen atoms in total. The SMILES string of the molecule is O=C(O)CC[C@H](NC(=O)[C@@H]1Cc2c([nH]c3ccccc23)CN1)C(=O)N[C@@H](Cc1ccccc1)C(=O)N[C@@H](Cc1c[nH]c2ccccc12)C(=O)O. The Hall–Kier alpha value is -5.95. The molecule has 3 aromatic carbocycles. The van der Waals surface area contributed by atoms with Crippen LogP contribution in [0.5, 0.6) is 0 Å². The van der Waals surface area contributed by atoms with Crippen molar-refractivity contribution < 1.29 is 34.2 Å². The topological polar surface area (TPSA) is 206 Å². The van der Waals surface area contributed by atoms with Gasteiger partial charge in [-0.1, -0.05) is 66.7 Å². The van der Waals surface area contributed by atoms with E-state index in [1.807, 2.05) is 48.5 Å². The summed E-state index contributed by atoms with van der Waals surface area (Å²) in [5, 5.41) is 32.5. The summed E-state index contributed by atoms with van der Waals surface area (Å²) in [5.41, 5.74) is 5.13. The monoisotopic (exact) mass is 678 g/mol. The number of carboxylic acids is 2. The van der Waals surface area contributed by atoms with Gasteiger partial charge in [0.15, 0.2) is 0 Å². The Bertz CT molecular complexity index is 2040. The van der Waals surface area contributed by atoms with Gasteiger partial charge in [0.05, 0.1) is 6.04 Å². The van der Waals surface area contributed by atoms with Crippen LogP contribution in [0.25, 0.3) is 21.8 Å². The first-order valence-electron chi connectivity index (χ1n) is 16.4. The molecule has 0 unspecified atom stereocenters. The van der Waals surface area contributed by atoms with Gasteiger partial charge >= 0.3 is 11.9 Å². The molecule has 3 heterocycles. The van der Waals surface area contributed by atoms with Gasteiger partial charge < -0.3 is 36.1 Å². The van der Waals surface area contributed by atoms with Gasteiger partial charge in [0, 0.05) is 59.5 Å². The Labute approximate surface area is 286 Å². The molecule has 6 rings (SSSR count). The van der Waals surface area contributed by atoms with Crippen molar-refractivity contribution in [2.75, 3.05) is 0 Å². The van der Waals surface area contributed by atoms with Crippen molar-refractivity contribution in [3.8, 4) is 0 Å². The predicted molar refractivity (Wildman–Crippen MR) is 185 cm³/mol. The maximum Gasteiger partial charge on any atom is 0.326 e. The Morgan fingerprint density at radius 2 is 1.40 bits per heavy atom. The Morgan fingerprint density at radius 3 is 2.14 bits per heavy atom. The Balaban J connectivity index is 1.18. The van der Waals surface area contributed by atoms with Crippen molar-refractivity contribution in [1.82, 2.24) is 31.2 Å². The second kappa shape index (κ2) is 15.1. The molecule has 0 radical (unpaired) electrons. The van der Waals surface area contributed by atoms with Crippen molar-refractivity contribution in [3.63, 3.8) is 0 Å². The molecule has 1 aliphatic heterocycles. The van der Waals surface area contributed by atoms with Gasteiger partial charge in [0.2, 0.25) is 17.7 Å². The number of carbonyl (C=O) groups is 5. The van der Waals surface area contributed by atoms with Gasteiger partial charge in [0.25, 0.3) is 0 Å². The number of hydrogen-bond acceptors (Lipinski definition) is 6. The molecule has 0 saturated carbocycles. The minimum atomic E-state index is -1.31. The molecule has 50 heavy (non-hydrogen) atoms. The largest absolute Gasteiger partial charge is 0.481 e. The molecule has 8 N–H and O–H groups in total. The minimum absolute atomic E-state index is 0.0130. The molecule has 0 spiro atoms. The number of aromatic nitrogens is 2. The number of benzene rings is 3. The van der Waals surface area contributed by atoms with E-state index < -0.39 is 60.2 Å². The lowest BCUT2D eigenvalue weighted by molar-refractivity contribution is -0.142. The lowest BCUT2D eigenvalue weighted by Gasteiger charge is -2.27. The lowest BCUT2D eigenvalue weighted by Crippen LogP contribution is -2.58. The molecular formula is C37H38N6O7. The van der Waals surface area contributed by atoms with Crippen LogP contribution in [0.2, 0.25) is 0 Å². The second-order valence-corrected chi connectivity index (χ2v) is 12.5. The standard InChI is InChI=1S/C37H38N6O7/c44-33(45)15-14-28(41-35(47)29-18-25-24-11-5-7-13-27(24)40-32(25)20-39-29)34(46)42-30(16-21-8-2-1-3-9-21)36(48)43-31(37(49)50)17-22-19-38-26-12-6-4-10-23(22)26/h1-13,19,28-31,38-40H,14-18,20H2,(H,41,47)(H,42,46)(H,43,48)(H,44,45)(H,49,50)/t28-,29-,30-,31-/m0/s1. The molecule has 13 heteroatoms. The van der Waals surface area contributed by atoms with Crippen LogP contribution < -0.4 is 21.3 Å². The number of amides is 3. The summed E-state index contributed by atoms with van der Waals surface area (Å²) in [6, 6.07) is 19.5. The molecule has 0 saturated heterocycles. The number of aromatic amines is 2. The van der Waals surface area contributed by atoms with Crippen LogP contribution in [0, 0.1) is 0 Å². The molecule has 0 bridgehead atoms. The molecule has 5 aromatic rings. The summed E-state index contributed by atoms with van der Waals surface area (Å²) in [4.78, 5) is 71.4. The highest BCUT2D eigenvalue weighted by Gasteiger charge is 2.33. The average molecular weight is 679 g/mol. The fourth-order valence-electron chi connectivity index (χ4n) is 6.46. The van der Waals surface area contributed by atoms with E-state index in [-0.39, 0.29) is 19.3 Å². The van der Waals surface area contributed by atoms with Gasteiger partial charge in [-0.3, -0.25) is 24.5 Å². The fraction of sp³-hybridized carbons (Fsp3) is 0.270. The number of H-pyrrole nitrogens is 2. The smallest absolute Gasteiger partial charge is 0.326 e. The zero-order valence-electron chi connectivity index (χ0n) is 27.1. The van der Waals surface area contributed by atoms with Crippen molar-refractivity contribution in [1.29, 1.82) is 0 Å². The Morgan fingerprint density at radius 1 is 0.740 bits per heavy atom. The van der Waals surface area contributed by atoms with Crippen LogP contribution in [0.4, 0.5) is 0 Å². The first-order valence-corrected chi connectivity index (χ1v) is 16.4. The first-order chi connectivity index (χ1) is 24.2. The van der Waals surface area contributed by atoms with Crippen LogP contribution >= 0.6 is 0 Å². The molecule has 0 aliphatic carbocycles. The third-order valence-corrected chi connectivity index (χ3v) is 9.06. The van der Waals surface area contributed by atoms with Crippen LogP contribution in [0.15, 0.2) is 85.1 Å². The highest BCUT2D eigenvalue weighted by molar-refractivity contribution is 5.95. The van der Waals surface area contributed by atoms with E-state index in [0.717, 1.165) is 33.1 Å². The summed E-state index contributed by atoms with van der Waals surface area (Å²) in [5.74, 6) is -4.39. The van der Waals surface area contributed by atoms with Gasteiger partial charge in [-0.05, 0) is 41.7 Å². The number of carbonyl (C=O) groups excluding carboxylic acids is 3. The molecule has 3 amide bonds. The summed E-state index contributed by atoms with van der Waals surface area (Å²) in [7, 11) is 0. The van der Waals surface area contributed by atoms with Crippen molar-refractivity contribution in [3.05, 3.63) is 107 Å². The maximum atomic E-state index is 13.8. The van der Waals surface area contributed by atoms with Gasteiger partial charge in [-0.15, -0.1) is 0 Å². The van der Waals surface area contributed by atoms with Crippen LogP contribution in [-0.2, 0) is 49.8 Å². The average Bonchev–Trinajstić information content (AvgIpc) is 3.70. The van der Waals surface area contributed by atoms with Crippen LogP contribution in [-0.4, -0.2) is 74.0 Å². The molecule has 4 atom stereocenters. The fourth-order valence-corrected chi connectivity index (χ4v) is 6.46. The Kier molecular flexibility index (Phi) is 10.2. The molecule has 1 aliphatic rings. The van der Waals surface area contributed by atoms with Crippen LogP contribution in [0.3, 0.4) is 0 Å². The third-order valence-electron chi connectivity index (χ3n) is 9.06. The van der Waals surface area contributed by atoms with Crippen molar-refractivity contribution >= 4 is 51.5 Å². The molecular weight excluding hydrogens is 640 g/mol. The highest BCUT2D eigenvalue weighted by Crippen LogP contribution is 2.26. The third kappa shape index (κ3) is 7.84. The summed E-state index contributed by atoms with van der Waals surface area (Å²) < 4.78 is 0. The first kappa shape index (κ1) is 33.9.